The fourth-order valence-electron chi connectivity index (χ4n) is 3.13. The van der Waals surface area contributed by atoms with Crippen LogP contribution in [0.3, 0.4) is 0 Å². The molecule has 2 amide bonds. The van der Waals surface area contributed by atoms with Crippen LogP contribution in [-0.4, -0.2) is 44.4 Å². The molecule has 0 saturated heterocycles. The van der Waals surface area contributed by atoms with Gasteiger partial charge in [0.15, 0.2) is 5.75 Å². The summed E-state index contributed by atoms with van der Waals surface area (Å²) in [5.41, 5.74) is -1.80. The SMILES string of the molecule is COc1ccc(Oc2cnc(CNC(=O)C3(NC(=O)c4cncnc4)CC3)nc2)c(C(F)(F)F)c1. The van der Waals surface area contributed by atoms with E-state index in [2.05, 4.69) is 30.6 Å². The van der Waals surface area contributed by atoms with E-state index in [9.17, 15) is 22.8 Å². The normalized spacial score (nSPS) is 14.1. The number of alkyl halides is 3. The lowest BCUT2D eigenvalue weighted by atomic mass is 10.2. The highest BCUT2D eigenvalue weighted by atomic mass is 19.4. The van der Waals surface area contributed by atoms with Crippen molar-refractivity contribution in [2.75, 3.05) is 7.11 Å². The van der Waals surface area contributed by atoms with Gasteiger partial charge in [-0.05, 0) is 31.0 Å². The van der Waals surface area contributed by atoms with Gasteiger partial charge in [-0.3, -0.25) is 9.59 Å². The summed E-state index contributed by atoms with van der Waals surface area (Å²) in [5, 5.41) is 5.35. The Bertz CT molecular complexity index is 1220. The van der Waals surface area contributed by atoms with Gasteiger partial charge in [0, 0.05) is 12.4 Å². The molecule has 1 aliphatic rings. The highest BCUT2D eigenvalue weighted by molar-refractivity contribution is 6.00. The number of nitrogens with zero attached hydrogens (tertiary/aromatic N) is 4. The maximum Gasteiger partial charge on any atom is 0.420 e. The number of rotatable bonds is 8. The Hall–Kier alpha value is -4.29. The molecule has 35 heavy (non-hydrogen) atoms. The molecule has 1 saturated carbocycles. The molecule has 13 heteroatoms. The molecule has 0 radical (unpaired) electrons. The van der Waals surface area contributed by atoms with Gasteiger partial charge in [-0.1, -0.05) is 0 Å². The monoisotopic (exact) mass is 488 g/mol. The summed E-state index contributed by atoms with van der Waals surface area (Å²) in [6, 6.07) is 3.31. The molecule has 10 nitrogen and oxygen atoms in total. The molecule has 0 unspecified atom stereocenters. The van der Waals surface area contributed by atoms with Crippen LogP contribution in [0.25, 0.3) is 0 Å². The number of halogens is 3. The van der Waals surface area contributed by atoms with Gasteiger partial charge in [0.05, 0.1) is 31.6 Å². The Morgan fingerprint density at radius 3 is 2.34 bits per heavy atom. The summed E-state index contributed by atoms with van der Waals surface area (Å²) < 4.78 is 50.2. The Kier molecular flexibility index (Phi) is 6.49. The minimum absolute atomic E-state index is 0.0215. The fraction of sp³-hybridized carbons (Fsp3) is 0.273. The van der Waals surface area contributed by atoms with Crippen molar-refractivity contribution >= 4 is 11.8 Å². The van der Waals surface area contributed by atoms with E-state index in [-0.39, 0.29) is 29.4 Å². The largest absolute Gasteiger partial charge is 0.497 e. The van der Waals surface area contributed by atoms with Crippen molar-refractivity contribution in [1.29, 1.82) is 0 Å². The highest BCUT2D eigenvalue weighted by Gasteiger charge is 2.51. The zero-order valence-electron chi connectivity index (χ0n) is 18.3. The number of nitrogens with one attached hydrogen (secondary N) is 2. The Labute approximate surface area is 196 Å². The molecule has 1 fully saturated rings. The van der Waals surface area contributed by atoms with Gasteiger partial charge in [-0.2, -0.15) is 13.2 Å². The number of benzene rings is 1. The van der Waals surface area contributed by atoms with Gasteiger partial charge >= 0.3 is 6.18 Å². The number of amides is 2. The van der Waals surface area contributed by atoms with Crippen molar-refractivity contribution in [3.05, 3.63) is 66.3 Å². The fourth-order valence-corrected chi connectivity index (χ4v) is 3.13. The predicted octanol–water partition coefficient (Wildman–Crippen LogP) is 2.67. The van der Waals surface area contributed by atoms with Crippen molar-refractivity contribution in [2.24, 2.45) is 0 Å². The molecule has 2 aromatic heterocycles. The first-order valence-corrected chi connectivity index (χ1v) is 10.3. The van der Waals surface area contributed by atoms with Crippen molar-refractivity contribution in [3.63, 3.8) is 0 Å². The third-order valence-corrected chi connectivity index (χ3v) is 5.17. The molecular formula is C22H19F3N6O4. The van der Waals surface area contributed by atoms with Gasteiger partial charge in [0.25, 0.3) is 5.91 Å². The minimum atomic E-state index is -4.66. The molecule has 0 atom stereocenters. The summed E-state index contributed by atoms with van der Waals surface area (Å²) in [4.78, 5) is 40.5. The number of carbonyl (C=O) groups excluding carboxylic acids is 2. The molecule has 4 rings (SSSR count). The molecule has 0 spiro atoms. The Morgan fingerprint density at radius 2 is 1.74 bits per heavy atom. The highest BCUT2D eigenvalue weighted by Crippen LogP contribution is 2.40. The second-order valence-corrected chi connectivity index (χ2v) is 7.64. The molecule has 2 N–H and O–H groups in total. The van der Waals surface area contributed by atoms with E-state index in [1.165, 1.54) is 44.3 Å². The maximum atomic E-state index is 13.3. The zero-order valence-corrected chi connectivity index (χ0v) is 18.3. The van der Waals surface area contributed by atoms with Crippen LogP contribution >= 0.6 is 0 Å². The number of carbonyl (C=O) groups is 2. The third kappa shape index (κ3) is 5.62. The van der Waals surface area contributed by atoms with Gasteiger partial charge in [0.2, 0.25) is 5.91 Å². The van der Waals surface area contributed by atoms with Crippen LogP contribution in [0.15, 0.2) is 49.3 Å². The van der Waals surface area contributed by atoms with Gasteiger partial charge in [-0.15, -0.1) is 0 Å². The van der Waals surface area contributed by atoms with Crippen molar-refractivity contribution < 1.29 is 32.2 Å². The van der Waals surface area contributed by atoms with Crippen LogP contribution in [0.1, 0.15) is 34.6 Å². The first-order valence-electron chi connectivity index (χ1n) is 10.3. The molecule has 1 aliphatic carbocycles. The molecule has 0 aliphatic heterocycles. The molecule has 182 valence electrons. The smallest absolute Gasteiger partial charge is 0.420 e. The number of hydrogen-bond acceptors (Lipinski definition) is 8. The van der Waals surface area contributed by atoms with E-state index in [4.69, 9.17) is 9.47 Å². The van der Waals surface area contributed by atoms with Crippen LogP contribution in [0.2, 0.25) is 0 Å². The first kappa shape index (κ1) is 23.9. The topological polar surface area (TPSA) is 128 Å². The summed E-state index contributed by atoms with van der Waals surface area (Å²) in [6.07, 6.45) is 2.65. The molecular weight excluding hydrogens is 469 g/mol. The van der Waals surface area contributed by atoms with Crippen molar-refractivity contribution in [1.82, 2.24) is 30.6 Å². The summed E-state index contributed by atoms with van der Waals surface area (Å²) >= 11 is 0. The number of ether oxygens (including phenoxy) is 2. The van der Waals surface area contributed by atoms with Crippen LogP contribution < -0.4 is 20.1 Å². The average molecular weight is 488 g/mol. The lowest BCUT2D eigenvalue weighted by Gasteiger charge is -2.17. The Morgan fingerprint density at radius 1 is 1.06 bits per heavy atom. The van der Waals surface area contributed by atoms with Crippen molar-refractivity contribution in [2.45, 2.75) is 31.1 Å². The van der Waals surface area contributed by atoms with E-state index in [0.717, 1.165) is 12.1 Å². The summed E-state index contributed by atoms with van der Waals surface area (Å²) in [5.74, 6) is -1.08. The maximum absolute atomic E-state index is 13.3. The minimum Gasteiger partial charge on any atom is -0.497 e. The second kappa shape index (κ2) is 9.52. The van der Waals surface area contributed by atoms with Crippen LogP contribution in [0.4, 0.5) is 13.2 Å². The zero-order chi connectivity index (χ0) is 25.1. The molecule has 2 heterocycles. The number of methoxy groups -OCH3 is 1. The van der Waals surface area contributed by atoms with E-state index in [1.807, 2.05) is 0 Å². The summed E-state index contributed by atoms with van der Waals surface area (Å²) in [6.45, 7) is -0.0540. The van der Waals surface area contributed by atoms with Gasteiger partial charge in [0.1, 0.15) is 34.8 Å². The summed E-state index contributed by atoms with van der Waals surface area (Å²) in [7, 11) is 1.26. The van der Waals surface area contributed by atoms with E-state index in [0.29, 0.717) is 12.8 Å². The predicted molar refractivity (Wildman–Crippen MR) is 113 cm³/mol. The third-order valence-electron chi connectivity index (χ3n) is 5.17. The van der Waals surface area contributed by atoms with E-state index in [1.54, 1.807) is 0 Å². The number of aromatic nitrogens is 4. The standard InChI is InChI=1S/C22H19F3N6O4/c1-34-14-2-3-17(16(6-14)22(23,24)25)35-15-9-28-18(29-10-15)11-30-20(33)21(4-5-21)31-19(32)13-7-26-12-27-8-13/h2-3,6-10,12H,4-5,11H2,1H3,(H,30,33)(H,31,32). The molecule has 1 aromatic carbocycles. The first-order chi connectivity index (χ1) is 16.7. The van der Waals surface area contributed by atoms with Crippen LogP contribution in [0.5, 0.6) is 17.2 Å². The second-order valence-electron chi connectivity index (χ2n) is 7.64. The molecule has 0 bridgehead atoms. The van der Waals surface area contributed by atoms with E-state index >= 15 is 0 Å². The van der Waals surface area contributed by atoms with Crippen LogP contribution in [-0.2, 0) is 17.5 Å². The lowest BCUT2D eigenvalue weighted by Crippen LogP contribution is -2.48. The Balaban J connectivity index is 1.36. The van der Waals surface area contributed by atoms with Crippen LogP contribution in [0, 0.1) is 0 Å². The van der Waals surface area contributed by atoms with Crippen molar-refractivity contribution in [3.8, 4) is 17.2 Å². The van der Waals surface area contributed by atoms with E-state index < -0.39 is 34.8 Å². The number of hydrogen-bond donors (Lipinski definition) is 2. The average Bonchev–Trinajstić information content (AvgIpc) is 3.64. The quantitative estimate of drug-likeness (QED) is 0.495. The van der Waals surface area contributed by atoms with Gasteiger partial charge in [-0.25, -0.2) is 19.9 Å². The molecule has 3 aromatic rings. The lowest BCUT2D eigenvalue weighted by molar-refractivity contribution is -0.138. The van der Waals surface area contributed by atoms with Gasteiger partial charge < -0.3 is 20.1 Å².